The first-order valence-corrected chi connectivity index (χ1v) is 11.0. The van der Waals surface area contributed by atoms with E-state index in [2.05, 4.69) is 70.9 Å². The van der Waals surface area contributed by atoms with Gasteiger partial charge in [0.25, 0.3) is 0 Å². The summed E-state index contributed by atoms with van der Waals surface area (Å²) in [7, 11) is 0. The van der Waals surface area contributed by atoms with E-state index in [4.69, 9.17) is 4.74 Å². The predicted octanol–water partition coefficient (Wildman–Crippen LogP) is 4.26. The number of likely N-dealkylation sites (tertiary alicyclic amines) is 1. The highest BCUT2D eigenvalue weighted by Crippen LogP contribution is 2.40. The summed E-state index contributed by atoms with van der Waals surface area (Å²) >= 11 is 0. The average molecular weight is 377 g/mol. The van der Waals surface area contributed by atoms with Gasteiger partial charge in [-0.05, 0) is 42.2 Å². The van der Waals surface area contributed by atoms with Crippen molar-refractivity contribution in [2.24, 2.45) is 17.8 Å². The minimum absolute atomic E-state index is 0.268. The largest absolute Gasteiger partial charge is 0.373 e. The van der Waals surface area contributed by atoms with Crippen LogP contribution in [0.15, 0.2) is 60.7 Å². The van der Waals surface area contributed by atoms with Gasteiger partial charge in [-0.25, -0.2) is 0 Å². The summed E-state index contributed by atoms with van der Waals surface area (Å²) in [4.78, 5) is 2.67. The molecular formula is C25H32N2O. The Kier molecular flexibility index (Phi) is 5.48. The lowest BCUT2D eigenvalue weighted by atomic mass is 9.93. The van der Waals surface area contributed by atoms with Crippen LogP contribution in [-0.4, -0.2) is 37.2 Å². The Balaban J connectivity index is 1.16. The number of benzene rings is 2. The first kappa shape index (κ1) is 18.4. The van der Waals surface area contributed by atoms with Crippen LogP contribution in [0.3, 0.4) is 0 Å². The van der Waals surface area contributed by atoms with Crippen molar-refractivity contribution in [3.8, 4) is 0 Å². The Morgan fingerprint density at radius 2 is 1.68 bits per heavy atom. The molecule has 1 saturated carbocycles. The van der Waals surface area contributed by atoms with Gasteiger partial charge in [0.05, 0.1) is 6.10 Å². The molecule has 5 rings (SSSR count). The molecule has 1 aliphatic carbocycles. The zero-order valence-corrected chi connectivity index (χ0v) is 16.7. The smallest absolute Gasteiger partial charge is 0.0866 e. The number of nitrogens with zero attached hydrogens (tertiary/aromatic N) is 1. The maximum Gasteiger partial charge on any atom is 0.0866 e. The molecule has 3 fully saturated rings. The number of rotatable bonds is 6. The molecule has 0 unspecified atom stereocenters. The Hall–Kier alpha value is -1.68. The SMILES string of the molecule is c1ccc(CN2C[C@@H]3CC[C@H](NC[C@@H]4CCO[C@@H]4c4ccccc4)[C@H]3C2)cc1. The van der Waals surface area contributed by atoms with Gasteiger partial charge in [0, 0.05) is 44.7 Å². The van der Waals surface area contributed by atoms with Crippen LogP contribution < -0.4 is 5.32 Å². The molecule has 1 N–H and O–H groups in total. The van der Waals surface area contributed by atoms with E-state index in [1.807, 2.05) is 0 Å². The Labute approximate surface area is 169 Å². The molecule has 2 aliphatic heterocycles. The van der Waals surface area contributed by atoms with Gasteiger partial charge in [-0.15, -0.1) is 0 Å². The molecule has 0 spiro atoms. The van der Waals surface area contributed by atoms with Crippen molar-refractivity contribution in [2.75, 3.05) is 26.2 Å². The second kappa shape index (κ2) is 8.36. The third-order valence-electron chi connectivity index (χ3n) is 7.17. The first-order chi connectivity index (χ1) is 13.9. The van der Waals surface area contributed by atoms with Crippen molar-refractivity contribution in [1.82, 2.24) is 10.2 Å². The second-order valence-electron chi connectivity index (χ2n) is 8.95. The minimum atomic E-state index is 0.268. The zero-order chi connectivity index (χ0) is 18.8. The predicted molar refractivity (Wildman–Crippen MR) is 113 cm³/mol. The maximum atomic E-state index is 6.09. The van der Waals surface area contributed by atoms with Crippen molar-refractivity contribution < 1.29 is 4.74 Å². The third kappa shape index (κ3) is 3.89. The van der Waals surface area contributed by atoms with Crippen LogP contribution in [-0.2, 0) is 11.3 Å². The van der Waals surface area contributed by atoms with Crippen LogP contribution in [0, 0.1) is 17.8 Å². The minimum Gasteiger partial charge on any atom is -0.373 e. The summed E-state index contributed by atoms with van der Waals surface area (Å²) in [6.07, 6.45) is 4.17. The average Bonchev–Trinajstić information content (AvgIpc) is 3.44. The van der Waals surface area contributed by atoms with E-state index in [0.29, 0.717) is 12.0 Å². The fraction of sp³-hybridized carbons (Fsp3) is 0.520. The molecule has 3 nitrogen and oxygen atoms in total. The van der Waals surface area contributed by atoms with Crippen LogP contribution in [0.25, 0.3) is 0 Å². The molecule has 28 heavy (non-hydrogen) atoms. The summed E-state index contributed by atoms with van der Waals surface area (Å²) < 4.78 is 6.09. The van der Waals surface area contributed by atoms with Crippen molar-refractivity contribution in [1.29, 1.82) is 0 Å². The molecule has 2 aromatic carbocycles. The molecule has 0 bridgehead atoms. The van der Waals surface area contributed by atoms with Crippen molar-refractivity contribution in [2.45, 2.75) is 38.0 Å². The molecule has 5 atom stereocenters. The van der Waals surface area contributed by atoms with Gasteiger partial charge < -0.3 is 10.1 Å². The highest BCUT2D eigenvalue weighted by Gasteiger charge is 2.42. The van der Waals surface area contributed by atoms with Gasteiger partial charge in [0.15, 0.2) is 0 Å². The summed E-state index contributed by atoms with van der Waals surface area (Å²) in [5, 5.41) is 3.97. The molecular weight excluding hydrogens is 344 g/mol. The molecule has 0 amide bonds. The summed E-state index contributed by atoms with van der Waals surface area (Å²) in [5.74, 6) is 2.30. The standard InChI is InChI=1S/C25H32N2O/c1-3-7-19(8-4-1)16-27-17-22-11-12-24(23(22)18-27)26-15-21-13-14-28-25(21)20-9-5-2-6-10-20/h1-10,21-26H,11-18H2/t21-,22-,23-,24-,25+/m0/s1. The van der Waals surface area contributed by atoms with Crippen molar-refractivity contribution in [3.05, 3.63) is 71.8 Å². The molecule has 0 radical (unpaired) electrons. The number of nitrogens with one attached hydrogen (secondary N) is 1. The number of fused-ring (bicyclic) bond motifs is 1. The highest BCUT2D eigenvalue weighted by molar-refractivity contribution is 5.19. The van der Waals surface area contributed by atoms with Gasteiger partial charge in [-0.3, -0.25) is 4.90 Å². The number of hydrogen-bond acceptors (Lipinski definition) is 3. The van der Waals surface area contributed by atoms with Gasteiger partial charge in [-0.2, -0.15) is 0 Å². The second-order valence-corrected chi connectivity index (χ2v) is 8.95. The molecule has 2 heterocycles. The van der Waals surface area contributed by atoms with Gasteiger partial charge in [-0.1, -0.05) is 60.7 Å². The van der Waals surface area contributed by atoms with Crippen LogP contribution in [0.5, 0.6) is 0 Å². The Morgan fingerprint density at radius 3 is 2.50 bits per heavy atom. The number of ether oxygens (including phenoxy) is 1. The summed E-state index contributed by atoms with van der Waals surface area (Å²) in [6, 6.07) is 22.4. The lowest BCUT2D eigenvalue weighted by molar-refractivity contribution is 0.0893. The molecule has 2 saturated heterocycles. The van der Waals surface area contributed by atoms with E-state index in [9.17, 15) is 0 Å². The normalized spacial score (nSPS) is 32.6. The first-order valence-electron chi connectivity index (χ1n) is 11.0. The monoisotopic (exact) mass is 376 g/mol. The van der Waals surface area contributed by atoms with Gasteiger partial charge in [0.1, 0.15) is 0 Å². The lowest BCUT2D eigenvalue weighted by Crippen LogP contribution is -2.39. The van der Waals surface area contributed by atoms with Crippen LogP contribution in [0.2, 0.25) is 0 Å². The maximum absolute atomic E-state index is 6.09. The van der Waals surface area contributed by atoms with E-state index in [-0.39, 0.29) is 6.10 Å². The lowest BCUT2D eigenvalue weighted by Gasteiger charge is -2.25. The van der Waals surface area contributed by atoms with Crippen molar-refractivity contribution >= 4 is 0 Å². The van der Waals surface area contributed by atoms with E-state index >= 15 is 0 Å². The van der Waals surface area contributed by atoms with Crippen molar-refractivity contribution in [3.63, 3.8) is 0 Å². The van der Waals surface area contributed by atoms with Crippen LogP contribution in [0.4, 0.5) is 0 Å². The highest BCUT2D eigenvalue weighted by atomic mass is 16.5. The third-order valence-corrected chi connectivity index (χ3v) is 7.17. The van der Waals surface area contributed by atoms with Gasteiger partial charge >= 0.3 is 0 Å². The molecule has 148 valence electrons. The number of hydrogen-bond donors (Lipinski definition) is 1. The van der Waals surface area contributed by atoms with Crippen LogP contribution in [0.1, 0.15) is 36.5 Å². The van der Waals surface area contributed by atoms with E-state index in [1.54, 1.807) is 0 Å². The zero-order valence-electron chi connectivity index (χ0n) is 16.7. The van der Waals surface area contributed by atoms with Crippen LogP contribution >= 0.6 is 0 Å². The molecule has 0 aromatic heterocycles. The van der Waals surface area contributed by atoms with E-state index in [1.165, 1.54) is 43.5 Å². The topological polar surface area (TPSA) is 24.5 Å². The Bertz CT molecular complexity index is 750. The molecule has 2 aromatic rings. The summed E-state index contributed by atoms with van der Waals surface area (Å²) in [5.41, 5.74) is 2.78. The fourth-order valence-electron chi connectivity index (χ4n) is 5.74. The fourth-order valence-corrected chi connectivity index (χ4v) is 5.74. The van der Waals surface area contributed by atoms with E-state index < -0.39 is 0 Å². The summed E-state index contributed by atoms with van der Waals surface area (Å²) in [6.45, 7) is 5.62. The Morgan fingerprint density at radius 1 is 0.893 bits per heavy atom. The molecule has 3 heteroatoms. The molecule has 3 aliphatic rings. The van der Waals surface area contributed by atoms with E-state index in [0.717, 1.165) is 31.5 Å². The van der Waals surface area contributed by atoms with Gasteiger partial charge in [0.2, 0.25) is 0 Å². The quantitative estimate of drug-likeness (QED) is 0.815.